The number of benzene rings is 3. The number of methoxy groups -OCH3 is 1. The summed E-state index contributed by atoms with van der Waals surface area (Å²) in [6.07, 6.45) is 0.477. The van der Waals surface area contributed by atoms with Gasteiger partial charge < -0.3 is 10.1 Å². The first-order valence-corrected chi connectivity index (χ1v) is 14.1. The second-order valence-electron chi connectivity index (χ2n) is 10.8. The van der Waals surface area contributed by atoms with Gasteiger partial charge in [-0.2, -0.15) is 18.3 Å². The summed E-state index contributed by atoms with van der Waals surface area (Å²) in [5.41, 5.74) is 4.56. The van der Waals surface area contributed by atoms with Crippen molar-refractivity contribution in [3.05, 3.63) is 106 Å². The van der Waals surface area contributed by atoms with Crippen LogP contribution in [0, 0.1) is 0 Å². The van der Waals surface area contributed by atoms with Crippen LogP contribution in [0.2, 0.25) is 0 Å². The molecule has 0 bridgehead atoms. The van der Waals surface area contributed by atoms with E-state index in [1.807, 2.05) is 55.7 Å². The summed E-state index contributed by atoms with van der Waals surface area (Å²) in [6.45, 7) is 3.35. The molecule has 0 aliphatic carbocycles. The Morgan fingerprint density at radius 2 is 1.69 bits per heavy atom. The molecule has 1 aromatic heterocycles. The Hall–Kier alpha value is -3.95. The minimum absolute atomic E-state index is 0.0726. The maximum absolute atomic E-state index is 13.9. The topological polar surface area (TPSA) is 59.4 Å². The summed E-state index contributed by atoms with van der Waals surface area (Å²) >= 11 is 0. The lowest BCUT2D eigenvalue weighted by atomic mass is 9.96. The normalized spacial score (nSPS) is 14.2. The number of Topliss-reactive ketones (excluding diaryl/α,β-unsaturated/α-hetero) is 1. The molecule has 1 aliphatic rings. The molecule has 0 atom stereocenters. The predicted octanol–water partition coefficient (Wildman–Crippen LogP) is 5.73. The number of alkyl halides is 3. The number of carbonyl (C=O) groups excluding carboxylic acids is 1. The fourth-order valence-electron chi connectivity index (χ4n) is 5.43. The molecule has 1 aliphatic heterocycles. The zero-order valence-corrected chi connectivity index (χ0v) is 23.9. The van der Waals surface area contributed by atoms with Gasteiger partial charge in [0.2, 0.25) is 0 Å². The van der Waals surface area contributed by atoms with Gasteiger partial charge in [0.15, 0.2) is 5.78 Å². The van der Waals surface area contributed by atoms with Crippen LogP contribution in [0.15, 0.2) is 73.1 Å². The highest BCUT2D eigenvalue weighted by Gasteiger charge is 2.34. The quantitative estimate of drug-likeness (QED) is 0.245. The maximum atomic E-state index is 13.9. The van der Waals surface area contributed by atoms with Crippen molar-refractivity contribution in [3.8, 4) is 16.9 Å². The molecule has 0 saturated carbocycles. The molecule has 6 nitrogen and oxygen atoms in total. The van der Waals surface area contributed by atoms with Gasteiger partial charge in [-0.25, -0.2) is 0 Å². The molecule has 0 amide bonds. The van der Waals surface area contributed by atoms with Gasteiger partial charge in [-0.05, 0) is 58.9 Å². The second-order valence-corrected chi connectivity index (χ2v) is 10.8. The first-order valence-electron chi connectivity index (χ1n) is 14.1. The molecule has 0 spiro atoms. The molecule has 1 saturated heterocycles. The molecule has 9 heteroatoms. The third-order valence-corrected chi connectivity index (χ3v) is 7.68. The monoisotopic (exact) mass is 576 g/mol. The zero-order chi connectivity index (χ0) is 29.7. The summed E-state index contributed by atoms with van der Waals surface area (Å²) in [5.74, 6) is 0.426. The van der Waals surface area contributed by atoms with E-state index in [2.05, 4.69) is 15.3 Å². The average Bonchev–Trinajstić information content (AvgIpc) is 3.42. The molecule has 1 fully saturated rings. The van der Waals surface area contributed by atoms with Gasteiger partial charge in [0.1, 0.15) is 5.75 Å². The highest BCUT2D eigenvalue weighted by atomic mass is 19.4. The molecule has 0 unspecified atom stereocenters. The number of nitrogens with one attached hydrogen (secondary N) is 1. The minimum atomic E-state index is -4.41. The van der Waals surface area contributed by atoms with Crippen LogP contribution in [-0.4, -0.2) is 53.8 Å². The van der Waals surface area contributed by atoms with E-state index in [0.29, 0.717) is 41.8 Å². The SMILES string of the molecule is COc1cc(-c2cnn(C)c2)ccc1C(=O)Cc1cccc(CCc2ccc(CN3CCNCC3)c(C(F)(F)F)c2)c1. The van der Waals surface area contributed by atoms with Crippen LogP contribution < -0.4 is 10.1 Å². The summed E-state index contributed by atoms with van der Waals surface area (Å²) < 4.78 is 49.1. The maximum Gasteiger partial charge on any atom is 0.416 e. The molecule has 0 radical (unpaired) electrons. The molecule has 5 rings (SSSR count). The summed E-state index contributed by atoms with van der Waals surface area (Å²) in [6, 6.07) is 17.9. The van der Waals surface area contributed by atoms with Crippen LogP contribution in [0.1, 0.15) is 38.2 Å². The van der Waals surface area contributed by atoms with Gasteiger partial charge in [0.25, 0.3) is 0 Å². The number of carbonyl (C=O) groups is 1. The van der Waals surface area contributed by atoms with Crippen LogP contribution in [0.4, 0.5) is 13.2 Å². The molecule has 220 valence electrons. The van der Waals surface area contributed by atoms with E-state index in [1.165, 1.54) is 6.07 Å². The summed E-state index contributed by atoms with van der Waals surface area (Å²) in [5, 5.41) is 7.43. The smallest absolute Gasteiger partial charge is 0.416 e. The lowest BCUT2D eigenvalue weighted by Crippen LogP contribution is -2.43. The number of ether oxygens (including phenoxy) is 1. The van der Waals surface area contributed by atoms with Crippen LogP contribution in [0.25, 0.3) is 11.1 Å². The second kappa shape index (κ2) is 12.9. The van der Waals surface area contributed by atoms with Crippen molar-refractivity contribution in [2.45, 2.75) is 32.0 Å². The Bertz CT molecular complexity index is 1540. The Morgan fingerprint density at radius 3 is 2.38 bits per heavy atom. The lowest BCUT2D eigenvalue weighted by Gasteiger charge is -2.28. The Morgan fingerprint density at radius 1 is 0.952 bits per heavy atom. The third-order valence-electron chi connectivity index (χ3n) is 7.68. The zero-order valence-electron chi connectivity index (χ0n) is 23.9. The number of ketones is 1. The van der Waals surface area contributed by atoms with Crippen LogP contribution in [0.5, 0.6) is 5.75 Å². The average molecular weight is 577 g/mol. The highest BCUT2D eigenvalue weighted by molar-refractivity contribution is 6.00. The standard InChI is InChI=1S/C33H35F3N4O2/c1-39-21-28(20-38-39)26-10-11-29(32(19-26)42-2)31(41)18-25-5-3-4-23(16-25)6-7-24-8-9-27(30(17-24)33(34,35)36)22-40-14-12-37-13-15-40/h3-5,8-11,16-17,19-21,37H,6-7,12-15,18,22H2,1-2H3. The highest BCUT2D eigenvalue weighted by Crippen LogP contribution is 2.34. The molecule has 42 heavy (non-hydrogen) atoms. The van der Waals surface area contributed by atoms with Crippen molar-refractivity contribution < 1.29 is 22.7 Å². The minimum Gasteiger partial charge on any atom is -0.496 e. The first-order chi connectivity index (χ1) is 20.2. The van der Waals surface area contributed by atoms with Crippen LogP contribution in [-0.2, 0) is 39.0 Å². The number of rotatable bonds is 10. The van der Waals surface area contributed by atoms with E-state index in [1.54, 1.807) is 30.1 Å². The van der Waals surface area contributed by atoms with Gasteiger partial charge in [-0.1, -0.05) is 42.5 Å². The van der Waals surface area contributed by atoms with E-state index in [0.717, 1.165) is 48.4 Å². The molecule has 3 aromatic carbocycles. The van der Waals surface area contributed by atoms with Crippen LogP contribution in [0.3, 0.4) is 0 Å². The first kappa shape index (κ1) is 29.5. The van der Waals surface area contributed by atoms with Gasteiger partial charge in [-0.3, -0.25) is 14.4 Å². The molecular weight excluding hydrogens is 541 g/mol. The largest absolute Gasteiger partial charge is 0.496 e. The van der Waals surface area contributed by atoms with Gasteiger partial charge >= 0.3 is 6.18 Å². The van der Waals surface area contributed by atoms with Crippen LogP contribution >= 0.6 is 0 Å². The summed E-state index contributed by atoms with van der Waals surface area (Å²) in [7, 11) is 3.39. The van der Waals surface area contributed by atoms with Crippen molar-refractivity contribution in [2.24, 2.45) is 7.05 Å². The van der Waals surface area contributed by atoms with Crippen molar-refractivity contribution in [2.75, 3.05) is 33.3 Å². The van der Waals surface area contributed by atoms with Gasteiger partial charge in [-0.15, -0.1) is 0 Å². The Kier molecular flexibility index (Phi) is 9.09. The van der Waals surface area contributed by atoms with Gasteiger partial charge in [0, 0.05) is 58.0 Å². The fraction of sp³-hybridized carbons (Fsp3) is 0.333. The number of nitrogens with zero attached hydrogens (tertiary/aromatic N) is 3. The number of aryl methyl sites for hydroxylation is 3. The number of piperazine rings is 1. The van der Waals surface area contributed by atoms with Crippen molar-refractivity contribution in [1.29, 1.82) is 0 Å². The van der Waals surface area contributed by atoms with Crippen molar-refractivity contribution in [3.63, 3.8) is 0 Å². The number of aromatic nitrogens is 2. The Balaban J connectivity index is 1.25. The molecule has 1 N–H and O–H groups in total. The lowest BCUT2D eigenvalue weighted by molar-refractivity contribution is -0.138. The Labute approximate surface area is 244 Å². The fourth-order valence-corrected chi connectivity index (χ4v) is 5.43. The number of hydrogen-bond acceptors (Lipinski definition) is 5. The third kappa shape index (κ3) is 7.27. The van der Waals surface area contributed by atoms with Crippen molar-refractivity contribution in [1.82, 2.24) is 20.0 Å². The number of hydrogen-bond donors (Lipinski definition) is 1. The van der Waals surface area contributed by atoms with E-state index in [9.17, 15) is 18.0 Å². The molecule has 2 heterocycles. The van der Waals surface area contributed by atoms with E-state index < -0.39 is 11.7 Å². The number of halogens is 3. The van der Waals surface area contributed by atoms with E-state index >= 15 is 0 Å². The summed E-state index contributed by atoms with van der Waals surface area (Å²) in [4.78, 5) is 15.3. The predicted molar refractivity (Wildman–Crippen MR) is 157 cm³/mol. The van der Waals surface area contributed by atoms with E-state index in [-0.39, 0.29) is 12.2 Å². The molecule has 4 aromatic rings. The van der Waals surface area contributed by atoms with Gasteiger partial charge in [0.05, 0.1) is 24.4 Å². The van der Waals surface area contributed by atoms with E-state index in [4.69, 9.17) is 4.74 Å². The molecular formula is C33H35F3N4O2. The van der Waals surface area contributed by atoms with Crippen molar-refractivity contribution >= 4 is 5.78 Å².